The fourth-order valence-corrected chi connectivity index (χ4v) is 4.63. The van der Waals surface area contributed by atoms with Crippen LogP contribution in [-0.4, -0.2) is 75.9 Å². The Hall–Kier alpha value is -2.27. The standard InChI is InChI=1S/C17H24N6O4S/c1-3-23-14(4-7-18-23)17(24)21-10-13(11-21)16-19-15(20-27-16)12-5-8-22(9-6-12)28(2,25)26/h4,7,12-13H,3,5-6,8-11H2,1-2H3. The second-order valence-electron chi connectivity index (χ2n) is 7.37. The van der Waals surface area contributed by atoms with Gasteiger partial charge in [-0.3, -0.25) is 9.48 Å². The van der Waals surface area contributed by atoms with Gasteiger partial charge in [0.05, 0.1) is 12.2 Å². The number of aromatic nitrogens is 4. The van der Waals surface area contributed by atoms with Crippen molar-refractivity contribution >= 4 is 15.9 Å². The van der Waals surface area contributed by atoms with E-state index in [1.54, 1.807) is 21.8 Å². The van der Waals surface area contributed by atoms with Crippen molar-refractivity contribution < 1.29 is 17.7 Å². The summed E-state index contributed by atoms with van der Waals surface area (Å²) in [5.74, 6) is 1.29. The van der Waals surface area contributed by atoms with Crippen molar-refractivity contribution in [2.75, 3.05) is 32.4 Å². The highest BCUT2D eigenvalue weighted by atomic mass is 32.2. The predicted molar refractivity (Wildman–Crippen MR) is 99.2 cm³/mol. The molecule has 0 atom stereocenters. The van der Waals surface area contributed by atoms with Gasteiger partial charge in [0.2, 0.25) is 15.9 Å². The summed E-state index contributed by atoms with van der Waals surface area (Å²) in [6.45, 7) is 4.64. The van der Waals surface area contributed by atoms with Gasteiger partial charge in [0.1, 0.15) is 5.69 Å². The monoisotopic (exact) mass is 408 g/mol. The molecule has 2 saturated heterocycles. The highest BCUT2D eigenvalue weighted by molar-refractivity contribution is 7.88. The van der Waals surface area contributed by atoms with Crippen LogP contribution in [0.15, 0.2) is 16.8 Å². The van der Waals surface area contributed by atoms with Gasteiger partial charge in [0, 0.05) is 44.8 Å². The number of likely N-dealkylation sites (tertiary alicyclic amines) is 1. The van der Waals surface area contributed by atoms with E-state index in [-0.39, 0.29) is 17.7 Å². The number of carbonyl (C=O) groups is 1. The molecule has 0 bridgehead atoms. The molecule has 11 heteroatoms. The fourth-order valence-electron chi connectivity index (χ4n) is 3.75. The molecule has 4 heterocycles. The van der Waals surface area contributed by atoms with Crippen molar-refractivity contribution in [1.29, 1.82) is 0 Å². The normalized spacial score (nSPS) is 19.7. The van der Waals surface area contributed by atoms with Gasteiger partial charge in [0.25, 0.3) is 5.91 Å². The van der Waals surface area contributed by atoms with Crippen LogP contribution in [0.2, 0.25) is 0 Å². The van der Waals surface area contributed by atoms with Crippen molar-refractivity contribution in [3.63, 3.8) is 0 Å². The summed E-state index contributed by atoms with van der Waals surface area (Å²) in [6.07, 6.45) is 4.23. The molecule has 28 heavy (non-hydrogen) atoms. The lowest BCUT2D eigenvalue weighted by Gasteiger charge is -2.37. The van der Waals surface area contributed by atoms with E-state index in [1.165, 1.54) is 10.6 Å². The molecule has 2 aromatic rings. The second kappa shape index (κ2) is 7.28. The minimum Gasteiger partial charge on any atom is -0.339 e. The largest absolute Gasteiger partial charge is 0.339 e. The first kappa shape index (κ1) is 19.1. The average Bonchev–Trinajstić information content (AvgIpc) is 3.29. The lowest BCUT2D eigenvalue weighted by Crippen LogP contribution is -2.49. The van der Waals surface area contributed by atoms with E-state index < -0.39 is 10.0 Å². The van der Waals surface area contributed by atoms with Crippen LogP contribution in [-0.2, 0) is 16.6 Å². The average molecular weight is 408 g/mol. The molecular weight excluding hydrogens is 384 g/mol. The van der Waals surface area contributed by atoms with Gasteiger partial charge in [-0.15, -0.1) is 0 Å². The van der Waals surface area contributed by atoms with Crippen LogP contribution < -0.4 is 0 Å². The molecule has 2 aliphatic heterocycles. The van der Waals surface area contributed by atoms with Crippen molar-refractivity contribution in [3.8, 4) is 0 Å². The molecule has 0 aromatic carbocycles. The van der Waals surface area contributed by atoms with Gasteiger partial charge in [-0.25, -0.2) is 12.7 Å². The topological polar surface area (TPSA) is 114 Å². The number of amides is 1. The number of rotatable bonds is 5. The Bertz CT molecular complexity index is 954. The molecular formula is C17H24N6O4S. The smallest absolute Gasteiger partial charge is 0.272 e. The van der Waals surface area contributed by atoms with Gasteiger partial charge in [0.15, 0.2) is 5.82 Å². The summed E-state index contributed by atoms with van der Waals surface area (Å²) in [6, 6.07) is 1.73. The van der Waals surface area contributed by atoms with Crippen LogP contribution >= 0.6 is 0 Å². The highest BCUT2D eigenvalue weighted by Gasteiger charge is 2.37. The SMILES string of the molecule is CCn1nccc1C(=O)N1CC(c2nc(C3CCN(S(C)(=O)=O)CC3)no2)C1. The number of carbonyl (C=O) groups excluding carboxylic acids is 1. The number of sulfonamides is 1. The first-order valence-electron chi connectivity index (χ1n) is 9.46. The van der Waals surface area contributed by atoms with Crippen molar-refractivity contribution in [3.05, 3.63) is 29.7 Å². The maximum atomic E-state index is 12.6. The van der Waals surface area contributed by atoms with E-state index in [9.17, 15) is 13.2 Å². The van der Waals surface area contributed by atoms with Crippen LogP contribution in [0.4, 0.5) is 0 Å². The van der Waals surface area contributed by atoms with Gasteiger partial charge in [-0.2, -0.15) is 10.1 Å². The Labute approximate surface area is 163 Å². The summed E-state index contributed by atoms with van der Waals surface area (Å²) in [5.41, 5.74) is 0.588. The molecule has 0 radical (unpaired) electrons. The summed E-state index contributed by atoms with van der Waals surface area (Å²) in [5, 5.41) is 8.24. The van der Waals surface area contributed by atoms with Crippen molar-refractivity contribution in [1.82, 2.24) is 29.1 Å². The first-order valence-corrected chi connectivity index (χ1v) is 11.3. The third kappa shape index (κ3) is 3.55. The maximum absolute atomic E-state index is 12.6. The van der Waals surface area contributed by atoms with Crippen LogP contribution in [0.25, 0.3) is 0 Å². The highest BCUT2D eigenvalue weighted by Crippen LogP contribution is 2.31. The van der Waals surface area contributed by atoms with E-state index in [2.05, 4.69) is 15.2 Å². The molecule has 2 fully saturated rings. The van der Waals surface area contributed by atoms with E-state index in [1.807, 2.05) is 6.92 Å². The molecule has 0 aliphatic carbocycles. The number of hydrogen-bond acceptors (Lipinski definition) is 7. The molecule has 0 unspecified atom stereocenters. The third-order valence-corrected chi connectivity index (χ3v) is 6.80. The number of piperidine rings is 1. The molecule has 2 aromatic heterocycles. The molecule has 4 rings (SSSR count). The van der Waals surface area contributed by atoms with Crippen LogP contribution in [0.1, 0.15) is 53.8 Å². The molecule has 2 aliphatic rings. The number of aryl methyl sites for hydroxylation is 1. The Morgan fingerprint density at radius 1 is 1.25 bits per heavy atom. The Morgan fingerprint density at radius 2 is 1.96 bits per heavy atom. The summed E-state index contributed by atoms with van der Waals surface area (Å²) >= 11 is 0. The lowest BCUT2D eigenvalue weighted by molar-refractivity contribution is 0.0556. The predicted octanol–water partition coefficient (Wildman–Crippen LogP) is 0.665. The zero-order chi connectivity index (χ0) is 19.9. The van der Waals surface area contributed by atoms with Crippen LogP contribution in [0.3, 0.4) is 0 Å². The third-order valence-electron chi connectivity index (χ3n) is 5.50. The van der Waals surface area contributed by atoms with Gasteiger partial charge in [-0.1, -0.05) is 5.16 Å². The molecule has 0 N–H and O–H groups in total. The lowest BCUT2D eigenvalue weighted by atomic mass is 9.97. The van der Waals surface area contributed by atoms with Gasteiger partial charge < -0.3 is 9.42 Å². The minimum atomic E-state index is -3.15. The molecule has 1 amide bonds. The number of hydrogen-bond donors (Lipinski definition) is 0. The summed E-state index contributed by atoms with van der Waals surface area (Å²) in [4.78, 5) is 18.8. The molecule has 0 saturated carbocycles. The molecule has 0 spiro atoms. The van der Waals surface area contributed by atoms with E-state index in [0.29, 0.717) is 63.0 Å². The van der Waals surface area contributed by atoms with Crippen LogP contribution in [0, 0.1) is 0 Å². The Morgan fingerprint density at radius 3 is 2.61 bits per heavy atom. The van der Waals surface area contributed by atoms with Crippen molar-refractivity contribution in [2.24, 2.45) is 0 Å². The second-order valence-corrected chi connectivity index (χ2v) is 9.35. The van der Waals surface area contributed by atoms with Crippen molar-refractivity contribution in [2.45, 2.75) is 38.1 Å². The number of nitrogens with zero attached hydrogens (tertiary/aromatic N) is 6. The Kier molecular flexibility index (Phi) is 4.96. The van der Waals surface area contributed by atoms with Crippen LogP contribution in [0.5, 0.6) is 0 Å². The van der Waals surface area contributed by atoms with E-state index in [0.717, 1.165) is 0 Å². The minimum absolute atomic E-state index is 0.0384. The van der Waals surface area contributed by atoms with Gasteiger partial charge >= 0.3 is 0 Å². The zero-order valence-corrected chi connectivity index (χ0v) is 16.8. The molecule has 10 nitrogen and oxygen atoms in total. The summed E-state index contributed by atoms with van der Waals surface area (Å²) in [7, 11) is -3.15. The van der Waals surface area contributed by atoms with Gasteiger partial charge in [-0.05, 0) is 25.8 Å². The van der Waals surface area contributed by atoms with E-state index >= 15 is 0 Å². The zero-order valence-electron chi connectivity index (χ0n) is 16.0. The van der Waals surface area contributed by atoms with E-state index in [4.69, 9.17) is 4.52 Å². The quantitative estimate of drug-likeness (QED) is 0.714. The fraction of sp³-hybridized carbons (Fsp3) is 0.647. The Balaban J connectivity index is 1.33. The molecule has 152 valence electrons. The first-order chi connectivity index (χ1) is 13.4. The summed E-state index contributed by atoms with van der Waals surface area (Å²) < 4.78 is 31.8. The maximum Gasteiger partial charge on any atom is 0.272 e.